The van der Waals surface area contributed by atoms with Gasteiger partial charge in [0.05, 0.1) is 25.4 Å². The highest BCUT2D eigenvalue weighted by molar-refractivity contribution is 5.76. The summed E-state index contributed by atoms with van der Waals surface area (Å²) >= 11 is 0. The molecule has 0 rings (SSSR count). The van der Waals surface area contributed by atoms with Crippen molar-refractivity contribution in [2.45, 2.75) is 347 Å². The van der Waals surface area contributed by atoms with Crippen molar-refractivity contribution < 1.29 is 24.5 Å². The maximum absolute atomic E-state index is 12.5. The smallest absolute Gasteiger partial charge is 0.305 e. The van der Waals surface area contributed by atoms with Crippen molar-refractivity contribution >= 4 is 11.9 Å². The first kappa shape index (κ1) is 68.1. The number of rotatable bonds is 58. The number of hydrogen-bond acceptors (Lipinski definition) is 5. The van der Waals surface area contributed by atoms with Crippen LogP contribution in [0.5, 0.6) is 0 Å². The fraction of sp³-hybridized carbons (Fsp3) is 0.875. The Kier molecular flexibility index (Phi) is 58.0. The van der Waals surface area contributed by atoms with Gasteiger partial charge in [0.15, 0.2) is 0 Å². The van der Waals surface area contributed by atoms with E-state index >= 15 is 0 Å². The molecule has 0 bridgehead atoms. The molecule has 0 aromatic heterocycles. The van der Waals surface area contributed by atoms with E-state index < -0.39 is 12.1 Å². The molecule has 412 valence electrons. The largest absolute Gasteiger partial charge is 0.466 e. The molecular formula is C64H121NO5. The molecule has 0 fully saturated rings. The predicted molar refractivity (Wildman–Crippen MR) is 306 cm³/mol. The fourth-order valence-corrected chi connectivity index (χ4v) is 9.61. The van der Waals surface area contributed by atoms with Crippen LogP contribution >= 0.6 is 0 Å². The summed E-state index contributed by atoms with van der Waals surface area (Å²) in [6.45, 7) is 4.94. The fourth-order valence-electron chi connectivity index (χ4n) is 9.61. The number of unbranched alkanes of at least 4 members (excludes halogenated alkanes) is 41. The summed E-state index contributed by atoms with van der Waals surface area (Å²) in [5, 5.41) is 23.3. The minimum Gasteiger partial charge on any atom is -0.466 e. The van der Waals surface area contributed by atoms with E-state index in [9.17, 15) is 19.8 Å². The first-order chi connectivity index (χ1) is 34.5. The Morgan fingerprint density at radius 1 is 0.400 bits per heavy atom. The minimum absolute atomic E-state index is 0.00314. The summed E-state index contributed by atoms with van der Waals surface area (Å²) in [6.07, 6.45) is 74.3. The summed E-state index contributed by atoms with van der Waals surface area (Å²) in [4.78, 5) is 24.6. The average Bonchev–Trinajstić information content (AvgIpc) is 3.36. The Labute approximate surface area is 436 Å². The van der Waals surface area contributed by atoms with Crippen molar-refractivity contribution in [3.63, 3.8) is 0 Å². The van der Waals surface area contributed by atoms with Crippen molar-refractivity contribution in [1.82, 2.24) is 5.32 Å². The Bertz CT molecular complexity index is 1130. The third-order valence-electron chi connectivity index (χ3n) is 14.4. The molecule has 0 aliphatic heterocycles. The second-order valence-electron chi connectivity index (χ2n) is 21.4. The second kappa shape index (κ2) is 59.6. The number of amides is 1. The van der Waals surface area contributed by atoms with Crippen molar-refractivity contribution in [1.29, 1.82) is 0 Å². The summed E-state index contributed by atoms with van der Waals surface area (Å²) in [5.74, 6) is -0.0463. The number of nitrogens with one attached hydrogen (secondary N) is 1. The third-order valence-corrected chi connectivity index (χ3v) is 14.4. The summed E-state index contributed by atoms with van der Waals surface area (Å²) in [6, 6.07) is -0.549. The standard InChI is InChI=1S/C64H121NO5/c1-3-5-7-9-11-13-15-17-19-21-26-30-34-38-42-46-50-54-58-64(69)70-59-55-51-47-43-39-35-31-27-24-22-23-25-29-33-37-41-45-49-53-57-63(68)65-61(60-66)62(67)56-52-48-44-40-36-32-28-20-18-16-14-12-10-8-6-4-2/h13,15,19,21-23,61-62,66-67H,3-12,14,16-18,20,24-60H2,1-2H3,(H,65,68)/b15-13-,21-19-,23-22-. The van der Waals surface area contributed by atoms with E-state index in [2.05, 4.69) is 55.6 Å². The van der Waals surface area contributed by atoms with Crippen LogP contribution in [0.25, 0.3) is 0 Å². The quantitative estimate of drug-likeness (QED) is 0.0321. The lowest BCUT2D eigenvalue weighted by Crippen LogP contribution is -2.45. The SMILES string of the molecule is CCCCCC/C=C\C/C=C\CCCCCCCCCC(=O)OCCCCCCCCCC/C=C\CCCCCCCCCC(=O)NC(CO)C(O)CCCCCCCCCCCCCCCCCC. The normalized spacial score (nSPS) is 12.8. The number of carbonyl (C=O) groups is 2. The molecular weight excluding hydrogens is 863 g/mol. The summed E-state index contributed by atoms with van der Waals surface area (Å²) < 4.78 is 5.49. The number of hydrogen-bond donors (Lipinski definition) is 3. The van der Waals surface area contributed by atoms with E-state index in [0.717, 1.165) is 51.4 Å². The Morgan fingerprint density at radius 2 is 0.714 bits per heavy atom. The van der Waals surface area contributed by atoms with Gasteiger partial charge in [0.1, 0.15) is 0 Å². The van der Waals surface area contributed by atoms with Crippen LogP contribution in [0.1, 0.15) is 335 Å². The van der Waals surface area contributed by atoms with Gasteiger partial charge in [-0.2, -0.15) is 0 Å². The molecule has 0 aliphatic rings. The van der Waals surface area contributed by atoms with E-state index in [1.807, 2.05) is 0 Å². The molecule has 0 radical (unpaired) electrons. The molecule has 6 heteroatoms. The van der Waals surface area contributed by atoms with E-state index in [1.165, 1.54) is 250 Å². The van der Waals surface area contributed by atoms with Gasteiger partial charge in [-0.05, 0) is 83.5 Å². The van der Waals surface area contributed by atoms with Crippen LogP contribution in [-0.2, 0) is 14.3 Å². The molecule has 3 N–H and O–H groups in total. The second-order valence-corrected chi connectivity index (χ2v) is 21.4. The zero-order chi connectivity index (χ0) is 50.7. The van der Waals surface area contributed by atoms with E-state index in [1.54, 1.807) is 0 Å². The molecule has 6 nitrogen and oxygen atoms in total. The van der Waals surface area contributed by atoms with Crippen LogP contribution in [0.3, 0.4) is 0 Å². The Balaban J connectivity index is 3.43. The highest BCUT2D eigenvalue weighted by Crippen LogP contribution is 2.17. The van der Waals surface area contributed by atoms with Gasteiger partial charge < -0.3 is 20.3 Å². The van der Waals surface area contributed by atoms with Crippen LogP contribution in [0.15, 0.2) is 36.5 Å². The molecule has 1 amide bonds. The lowest BCUT2D eigenvalue weighted by Gasteiger charge is -2.22. The first-order valence-corrected chi connectivity index (χ1v) is 31.2. The monoisotopic (exact) mass is 984 g/mol. The lowest BCUT2D eigenvalue weighted by molar-refractivity contribution is -0.143. The number of ether oxygens (including phenoxy) is 1. The van der Waals surface area contributed by atoms with Gasteiger partial charge >= 0.3 is 5.97 Å². The van der Waals surface area contributed by atoms with Gasteiger partial charge in [-0.3, -0.25) is 9.59 Å². The highest BCUT2D eigenvalue weighted by atomic mass is 16.5. The van der Waals surface area contributed by atoms with Crippen molar-refractivity contribution in [3.8, 4) is 0 Å². The zero-order valence-electron chi connectivity index (χ0n) is 47.0. The average molecular weight is 985 g/mol. The van der Waals surface area contributed by atoms with Gasteiger partial charge in [0.25, 0.3) is 0 Å². The van der Waals surface area contributed by atoms with Crippen LogP contribution in [-0.4, -0.2) is 47.4 Å². The molecule has 0 aromatic carbocycles. The van der Waals surface area contributed by atoms with Crippen molar-refractivity contribution in [2.24, 2.45) is 0 Å². The molecule has 70 heavy (non-hydrogen) atoms. The summed E-state index contributed by atoms with van der Waals surface area (Å²) in [7, 11) is 0. The van der Waals surface area contributed by atoms with Crippen molar-refractivity contribution in [3.05, 3.63) is 36.5 Å². The Hall–Kier alpha value is -1.92. The Morgan fingerprint density at radius 3 is 1.11 bits per heavy atom. The molecule has 2 unspecified atom stereocenters. The zero-order valence-corrected chi connectivity index (χ0v) is 47.0. The van der Waals surface area contributed by atoms with E-state index in [0.29, 0.717) is 25.9 Å². The highest BCUT2D eigenvalue weighted by Gasteiger charge is 2.20. The number of aliphatic hydroxyl groups is 2. The van der Waals surface area contributed by atoms with Crippen LogP contribution < -0.4 is 5.32 Å². The molecule has 0 heterocycles. The summed E-state index contributed by atoms with van der Waals surface area (Å²) in [5.41, 5.74) is 0. The molecule has 0 spiro atoms. The van der Waals surface area contributed by atoms with Gasteiger partial charge in [-0.15, -0.1) is 0 Å². The first-order valence-electron chi connectivity index (χ1n) is 31.2. The van der Waals surface area contributed by atoms with Crippen LogP contribution in [0, 0.1) is 0 Å². The predicted octanol–water partition coefficient (Wildman–Crippen LogP) is 19.6. The van der Waals surface area contributed by atoms with Gasteiger partial charge in [-0.25, -0.2) is 0 Å². The number of allylic oxidation sites excluding steroid dienone is 6. The van der Waals surface area contributed by atoms with E-state index in [4.69, 9.17) is 4.74 Å². The van der Waals surface area contributed by atoms with Crippen molar-refractivity contribution in [2.75, 3.05) is 13.2 Å². The molecule has 2 atom stereocenters. The number of carbonyl (C=O) groups excluding carboxylic acids is 2. The van der Waals surface area contributed by atoms with Gasteiger partial charge in [0.2, 0.25) is 5.91 Å². The number of esters is 1. The molecule has 0 saturated carbocycles. The molecule has 0 saturated heterocycles. The van der Waals surface area contributed by atoms with Crippen LogP contribution in [0.4, 0.5) is 0 Å². The minimum atomic E-state index is -0.671. The number of aliphatic hydroxyl groups excluding tert-OH is 2. The molecule has 0 aliphatic carbocycles. The third kappa shape index (κ3) is 55.4. The molecule has 0 aromatic rings. The van der Waals surface area contributed by atoms with E-state index in [-0.39, 0.29) is 18.5 Å². The lowest BCUT2D eigenvalue weighted by atomic mass is 10.0. The van der Waals surface area contributed by atoms with Gasteiger partial charge in [-0.1, -0.05) is 275 Å². The maximum atomic E-state index is 12.5. The van der Waals surface area contributed by atoms with Gasteiger partial charge in [0, 0.05) is 12.8 Å². The maximum Gasteiger partial charge on any atom is 0.305 e. The van der Waals surface area contributed by atoms with Crippen LogP contribution in [0.2, 0.25) is 0 Å². The topological polar surface area (TPSA) is 95.9 Å².